The molecule has 174 valence electrons. The summed E-state index contributed by atoms with van der Waals surface area (Å²) in [5.41, 5.74) is 2.21. The third-order valence-corrected chi connectivity index (χ3v) is 6.07. The zero-order valence-corrected chi connectivity index (χ0v) is 18.0. The lowest BCUT2D eigenvalue weighted by molar-refractivity contribution is -0.117. The van der Waals surface area contributed by atoms with Crippen molar-refractivity contribution >= 4 is 34.7 Å². The number of H-pyrrole nitrogens is 1. The Labute approximate surface area is 193 Å². The number of hydrogen-bond acceptors (Lipinski definition) is 8. The van der Waals surface area contributed by atoms with E-state index in [4.69, 9.17) is 0 Å². The van der Waals surface area contributed by atoms with E-state index in [0.29, 0.717) is 23.2 Å². The van der Waals surface area contributed by atoms with Gasteiger partial charge in [0.15, 0.2) is 11.6 Å². The van der Waals surface area contributed by atoms with Gasteiger partial charge in [-0.3, -0.25) is 9.89 Å². The van der Waals surface area contributed by atoms with Crippen molar-refractivity contribution in [2.75, 3.05) is 22.1 Å². The lowest BCUT2D eigenvalue weighted by atomic mass is 10.2. The molecular formula is C22H22FN9O2. The fourth-order valence-corrected chi connectivity index (χ4v) is 4.22. The number of nitrogens with zero attached hydrogens (tertiary/aromatic N) is 6. The zero-order chi connectivity index (χ0) is 23.2. The average Bonchev–Trinajstić information content (AvgIpc) is 3.20. The van der Waals surface area contributed by atoms with E-state index in [1.54, 1.807) is 15.6 Å². The van der Waals surface area contributed by atoms with Gasteiger partial charge < -0.3 is 20.6 Å². The number of fused-ring (bicyclic) bond motifs is 1. The molecular weight excluding hydrogens is 441 g/mol. The molecule has 6 rings (SSSR count). The smallest absolute Gasteiger partial charge is 0.247 e. The second-order valence-electron chi connectivity index (χ2n) is 8.62. The maximum absolute atomic E-state index is 13.1. The predicted octanol–water partition coefficient (Wildman–Crippen LogP) is 2.19. The molecule has 5 heterocycles. The van der Waals surface area contributed by atoms with Crippen molar-refractivity contribution in [3.63, 3.8) is 0 Å². The van der Waals surface area contributed by atoms with Crippen LogP contribution in [-0.2, 0) is 4.79 Å². The molecule has 1 aliphatic heterocycles. The molecule has 1 amide bonds. The van der Waals surface area contributed by atoms with Crippen LogP contribution in [-0.4, -0.2) is 59.5 Å². The second kappa shape index (κ2) is 8.06. The van der Waals surface area contributed by atoms with E-state index >= 15 is 0 Å². The van der Waals surface area contributed by atoms with E-state index in [2.05, 4.69) is 35.9 Å². The highest BCUT2D eigenvalue weighted by molar-refractivity contribution is 5.97. The van der Waals surface area contributed by atoms with Gasteiger partial charge in [0.05, 0.1) is 18.0 Å². The van der Waals surface area contributed by atoms with Gasteiger partial charge in [-0.1, -0.05) is 0 Å². The van der Waals surface area contributed by atoms with Crippen molar-refractivity contribution in [3.05, 3.63) is 54.4 Å². The number of carbonyl (C=O) groups excluding carboxylic acids is 1. The molecule has 2 fully saturated rings. The SMILES string of the molecule is O=C(Nc1ccc(F)nc1)[C@@H]1C[C@@H](O)CN1c1nc(Nc2cc(C3CC3)[nH]n2)c2cccn2n1. The van der Waals surface area contributed by atoms with Gasteiger partial charge in [0, 0.05) is 36.8 Å². The quantitative estimate of drug-likeness (QED) is 0.320. The monoisotopic (exact) mass is 463 g/mol. The second-order valence-corrected chi connectivity index (χ2v) is 8.62. The first-order valence-electron chi connectivity index (χ1n) is 11.1. The van der Waals surface area contributed by atoms with Crippen LogP contribution in [0.15, 0.2) is 42.7 Å². The molecule has 1 saturated heterocycles. The van der Waals surface area contributed by atoms with Crippen molar-refractivity contribution < 1.29 is 14.3 Å². The van der Waals surface area contributed by atoms with Gasteiger partial charge in [0.25, 0.3) is 0 Å². The van der Waals surface area contributed by atoms with E-state index in [-0.39, 0.29) is 24.8 Å². The molecule has 0 aromatic carbocycles. The van der Waals surface area contributed by atoms with E-state index in [1.807, 2.05) is 18.2 Å². The lowest BCUT2D eigenvalue weighted by Crippen LogP contribution is -2.41. The number of hydrogen-bond donors (Lipinski definition) is 4. The minimum Gasteiger partial charge on any atom is -0.391 e. The predicted molar refractivity (Wildman–Crippen MR) is 121 cm³/mol. The summed E-state index contributed by atoms with van der Waals surface area (Å²) in [7, 11) is 0. The normalized spacial score (nSPS) is 20.1. The van der Waals surface area contributed by atoms with Gasteiger partial charge in [0.2, 0.25) is 17.8 Å². The van der Waals surface area contributed by atoms with E-state index < -0.39 is 18.1 Å². The van der Waals surface area contributed by atoms with E-state index in [1.165, 1.54) is 18.3 Å². The van der Waals surface area contributed by atoms with Crippen LogP contribution in [0.4, 0.5) is 27.7 Å². The zero-order valence-electron chi connectivity index (χ0n) is 18.0. The first-order chi connectivity index (χ1) is 16.5. The molecule has 1 saturated carbocycles. The van der Waals surface area contributed by atoms with Gasteiger partial charge in [-0.25, -0.2) is 9.50 Å². The molecule has 34 heavy (non-hydrogen) atoms. The summed E-state index contributed by atoms with van der Waals surface area (Å²) >= 11 is 0. The summed E-state index contributed by atoms with van der Waals surface area (Å²) in [6, 6.07) is 7.59. The Hall–Kier alpha value is -4.06. The molecule has 0 radical (unpaired) electrons. The Morgan fingerprint density at radius 1 is 1.26 bits per heavy atom. The fourth-order valence-electron chi connectivity index (χ4n) is 4.22. The third-order valence-electron chi connectivity index (χ3n) is 6.07. The van der Waals surface area contributed by atoms with Gasteiger partial charge in [0.1, 0.15) is 11.6 Å². The fraction of sp³-hybridized carbons (Fsp3) is 0.318. The summed E-state index contributed by atoms with van der Waals surface area (Å²) in [6.45, 7) is 0.195. The molecule has 12 heteroatoms. The van der Waals surface area contributed by atoms with Crippen molar-refractivity contribution in [2.24, 2.45) is 0 Å². The van der Waals surface area contributed by atoms with Crippen molar-refractivity contribution in [1.82, 2.24) is 29.8 Å². The summed E-state index contributed by atoms with van der Waals surface area (Å²) in [5, 5.41) is 28.3. The Kier molecular flexibility index (Phi) is 4.87. The van der Waals surface area contributed by atoms with Gasteiger partial charge in [-0.15, -0.1) is 5.10 Å². The molecule has 0 unspecified atom stereocenters. The van der Waals surface area contributed by atoms with Crippen LogP contribution in [0, 0.1) is 5.95 Å². The first kappa shape index (κ1) is 20.5. The summed E-state index contributed by atoms with van der Waals surface area (Å²) in [6.07, 6.45) is 4.84. The minimum absolute atomic E-state index is 0.195. The molecule has 2 atom stereocenters. The summed E-state index contributed by atoms with van der Waals surface area (Å²) in [4.78, 5) is 22.9. The number of halogens is 1. The highest BCUT2D eigenvalue weighted by Crippen LogP contribution is 2.39. The summed E-state index contributed by atoms with van der Waals surface area (Å²) in [5.74, 6) is 1.01. The molecule has 2 aliphatic rings. The number of aromatic nitrogens is 6. The van der Waals surface area contributed by atoms with Crippen LogP contribution in [0.5, 0.6) is 0 Å². The van der Waals surface area contributed by atoms with Crippen LogP contribution in [0.3, 0.4) is 0 Å². The molecule has 0 spiro atoms. The van der Waals surface area contributed by atoms with Crippen LogP contribution < -0.4 is 15.5 Å². The standard InChI is InChI=1S/C22H22FN9O2/c23-18-6-5-13(10-24-18)25-21(34)17-8-14(33)11-31(17)22-27-20(16-2-1-7-32(16)30-22)26-19-9-15(28-29-19)12-3-4-12/h1-2,5-7,9-10,12,14,17,33H,3-4,8,11H2,(H,25,34)(H2,26,27,28,29,30)/t14-,17+/m1/s1. The minimum atomic E-state index is -0.727. The van der Waals surface area contributed by atoms with Crippen molar-refractivity contribution in [3.8, 4) is 0 Å². The highest BCUT2D eigenvalue weighted by atomic mass is 19.1. The van der Waals surface area contributed by atoms with E-state index in [9.17, 15) is 14.3 Å². The Balaban J connectivity index is 1.29. The van der Waals surface area contributed by atoms with Gasteiger partial charge in [-0.2, -0.15) is 14.5 Å². The third kappa shape index (κ3) is 3.92. The van der Waals surface area contributed by atoms with Crippen LogP contribution in [0.25, 0.3) is 5.52 Å². The van der Waals surface area contributed by atoms with Gasteiger partial charge >= 0.3 is 0 Å². The number of anilines is 4. The lowest BCUT2D eigenvalue weighted by Gasteiger charge is -2.24. The Morgan fingerprint density at radius 2 is 2.15 bits per heavy atom. The number of aromatic amines is 1. The van der Waals surface area contributed by atoms with Gasteiger partial charge in [-0.05, 0) is 37.1 Å². The number of pyridine rings is 1. The van der Waals surface area contributed by atoms with Crippen LogP contribution in [0.2, 0.25) is 0 Å². The average molecular weight is 463 g/mol. The maximum atomic E-state index is 13.1. The summed E-state index contributed by atoms with van der Waals surface area (Å²) < 4.78 is 14.8. The number of carbonyl (C=O) groups is 1. The first-order valence-corrected chi connectivity index (χ1v) is 11.1. The Bertz CT molecular complexity index is 1350. The number of rotatable bonds is 6. The molecule has 4 aromatic rings. The number of β-amino-alcohol motifs (C(OH)–C–C–N with tert-alkyl or cyclic N) is 1. The van der Waals surface area contributed by atoms with Crippen LogP contribution in [0.1, 0.15) is 30.9 Å². The maximum Gasteiger partial charge on any atom is 0.247 e. The molecule has 11 nitrogen and oxygen atoms in total. The highest BCUT2D eigenvalue weighted by Gasteiger charge is 2.38. The van der Waals surface area contributed by atoms with Crippen LogP contribution >= 0.6 is 0 Å². The number of aliphatic hydroxyl groups excluding tert-OH is 1. The van der Waals surface area contributed by atoms with Crippen molar-refractivity contribution in [2.45, 2.75) is 37.3 Å². The molecule has 0 bridgehead atoms. The number of aliphatic hydroxyl groups is 1. The number of amides is 1. The molecule has 1 aliphatic carbocycles. The number of nitrogens with one attached hydrogen (secondary N) is 3. The topological polar surface area (TPSA) is 136 Å². The molecule has 4 aromatic heterocycles. The van der Waals surface area contributed by atoms with E-state index in [0.717, 1.165) is 24.1 Å². The Morgan fingerprint density at radius 3 is 2.94 bits per heavy atom. The molecule has 4 N–H and O–H groups in total. The van der Waals surface area contributed by atoms with Crippen molar-refractivity contribution in [1.29, 1.82) is 0 Å². The largest absolute Gasteiger partial charge is 0.391 e.